The summed E-state index contributed by atoms with van der Waals surface area (Å²) in [5, 5.41) is 7.23. The van der Waals surface area contributed by atoms with Crippen LogP contribution in [0.25, 0.3) is 0 Å². The van der Waals surface area contributed by atoms with Crippen molar-refractivity contribution in [1.29, 1.82) is 0 Å². The molecule has 7 heteroatoms. The van der Waals surface area contributed by atoms with Gasteiger partial charge in [0.05, 0.1) is 10.7 Å². The van der Waals surface area contributed by atoms with Crippen LogP contribution in [0, 0.1) is 0 Å². The van der Waals surface area contributed by atoms with Gasteiger partial charge in [-0.05, 0) is 12.1 Å². The highest BCUT2D eigenvalue weighted by atomic mass is 35.5. The van der Waals surface area contributed by atoms with Crippen molar-refractivity contribution in [3.8, 4) is 0 Å². The number of para-hydroxylation sites is 1. The fourth-order valence-electron chi connectivity index (χ4n) is 1.18. The fourth-order valence-corrected chi connectivity index (χ4v) is 1.89. The predicted octanol–water partition coefficient (Wildman–Crippen LogP) is 2.37. The standard InChI is InChI=1S/C11H8ClN3O2S/c12-7-3-1-2-4-8(7)14-9(16)10(17)15-11-13-5-6-18-11/h1-6H,(H,14,16)(H,13,15,17). The average Bonchev–Trinajstić information content (AvgIpc) is 2.84. The zero-order valence-electron chi connectivity index (χ0n) is 9.01. The molecule has 18 heavy (non-hydrogen) atoms. The number of nitrogens with one attached hydrogen (secondary N) is 2. The third-order valence-corrected chi connectivity index (χ3v) is 3.00. The van der Waals surface area contributed by atoms with E-state index in [0.29, 0.717) is 15.8 Å². The van der Waals surface area contributed by atoms with E-state index in [9.17, 15) is 9.59 Å². The number of hydrogen-bond acceptors (Lipinski definition) is 4. The van der Waals surface area contributed by atoms with E-state index in [1.807, 2.05) is 0 Å². The van der Waals surface area contributed by atoms with Gasteiger partial charge in [0.25, 0.3) is 0 Å². The first kappa shape index (κ1) is 12.5. The van der Waals surface area contributed by atoms with Gasteiger partial charge in [-0.15, -0.1) is 11.3 Å². The Balaban J connectivity index is 2.00. The van der Waals surface area contributed by atoms with Crippen molar-refractivity contribution in [1.82, 2.24) is 4.98 Å². The second-order valence-electron chi connectivity index (χ2n) is 3.23. The fraction of sp³-hybridized carbons (Fsp3) is 0. The maximum absolute atomic E-state index is 11.6. The Kier molecular flexibility index (Phi) is 3.91. The number of halogens is 1. The summed E-state index contributed by atoms with van der Waals surface area (Å²) in [6, 6.07) is 6.67. The van der Waals surface area contributed by atoms with E-state index >= 15 is 0 Å². The lowest BCUT2D eigenvalue weighted by atomic mass is 10.3. The lowest BCUT2D eigenvalue weighted by Crippen LogP contribution is -2.29. The van der Waals surface area contributed by atoms with Crippen molar-refractivity contribution < 1.29 is 9.59 Å². The maximum Gasteiger partial charge on any atom is 0.315 e. The van der Waals surface area contributed by atoms with Gasteiger partial charge in [0, 0.05) is 11.6 Å². The molecule has 2 rings (SSSR count). The third kappa shape index (κ3) is 3.06. The van der Waals surface area contributed by atoms with Gasteiger partial charge >= 0.3 is 11.8 Å². The highest BCUT2D eigenvalue weighted by molar-refractivity contribution is 7.13. The number of carbonyl (C=O) groups is 2. The second-order valence-corrected chi connectivity index (χ2v) is 4.53. The largest absolute Gasteiger partial charge is 0.316 e. The molecule has 2 N–H and O–H groups in total. The van der Waals surface area contributed by atoms with E-state index in [2.05, 4.69) is 15.6 Å². The summed E-state index contributed by atoms with van der Waals surface area (Å²) in [5.74, 6) is -1.58. The van der Waals surface area contributed by atoms with E-state index in [4.69, 9.17) is 11.6 Å². The van der Waals surface area contributed by atoms with E-state index < -0.39 is 11.8 Å². The molecular weight excluding hydrogens is 274 g/mol. The smallest absolute Gasteiger partial charge is 0.315 e. The first-order valence-electron chi connectivity index (χ1n) is 4.93. The molecule has 5 nitrogen and oxygen atoms in total. The molecule has 0 spiro atoms. The molecule has 0 saturated heterocycles. The number of benzene rings is 1. The van der Waals surface area contributed by atoms with Crippen molar-refractivity contribution in [2.75, 3.05) is 10.6 Å². The average molecular weight is 282 g/mol. The SMILES string of the molecule is O=C(Nc1nccs1)C(=O)Nc1ccccc1Cl. The van der Waals surface area contributed by atoms with Crippen LogP contribution in [-0.4, -0.2) is 16.8 Å². The van der Waals surface area contributed by atoms with Crippen molar-refractivity contribution >= 4 is 45.6 Å². The first-order chi connectivity index (χ1) is 8.66. The number of rotatable bonds is 2. The van der Waals surface area contributed by atoms with Crippen LogP contribution in [0.2, 0.25) is 5.02 Å². The number of carbonyl (C=O) groups excluding carboxylic acids is 2. The lowest BCUT2D eigenvalue weighted by Gasteiger charge is -2.05. The molecule has 2 aromatic rings. The summed E-state index contributed by atoms with van der Waals surface area (Å²) in [4.78, 5) is 27.0. The third-order valence-electron chi connectivity index (χ3n) is 1.98. The van der Waals surface area contributed by atoms with E-state index in [1.54, 1.807) is 29.6 Å². The van der Waals surface area contributed by atoms with Crippen LogP contribution in [0.4, 0.5) is 10.8 Å². The predicted molar refractivity (Wildman–Crippen MR) is 70.8 cm³/mol. The normalized spacial score (nSPS) is 9.83. The lowest BCUT2D eigenvalue weighted by molar-refractivity contribution is -0.132. The Hall–Kier alpha value is -1.92. The van der Waals surface area contributed by atoms with Crippen molar-refractivity contribution in [2.45, 2.75) is 0 Å². The van der Waals surface area contributed by atoms with Crippen LogP contribution in [0.3, 0.4) is 0 Å². The minimum absolute atomic E-state index is 0.368. The topological polar surface area (TPSA) is 71.1 Å². The monoisotopic (exact) mass is 281 g/mol. The Bertz CT molecular complexity index is 571. The Morgan fingerprint density at radius 2 is 1.89 bits per heavy atom. The Labute approximate surface area is 112 Å². The molecule has 0 saturated carbocycles. The molecule has 0 atom stereocenters. The summed E-state index contributed by atoms with van der Waals surface area (Å²) in [7, 11) is 0. The summed E-state index contributed by atoms with van der Waals surface area (Å²) in [5.41, 5.74) is 0.387. The Morgan fingerprint density at radius 3 is 2.56 bits per heavy atom. The quantitative estimate of drug-likeness (QED) is 0.830. The van der Waals surface area contributed by atoms with Crippen molar-refractivity contribution in [3.05, 3.63) is 40.9 Å². The van der Waals surface area contributed by atoms with Crippen molar-refractivity contribution in [3.63, 3.8) is 0 Å². The molecule has 0 bridgehead atoms. The van der Waals surface area contributed by atoms with Crippen molar-refractivity contribution in [2.24, 2.45) is 0 Å². The minimum atomic E-state index is -0.793. The van der Waals surface area contributed by atoms with Gasteiger partial charge in [-0.3, -0.25) is 14.9 Å². The van der Waals surface area contributed by atoms with E-state index in [-0.39, 0.29) is 0 Å². The number of thiazole rings is 1. The summed E-state index contributed by atoms with van der Waals surface area (Å²) < 4.78 is 0. The molecular formula is C11H8ClN3O2S. The number of hydrogen-bond donors (Lipinski definition) is 2. The molecule has 1 aromatic heterocycles. The highest BCUT2D eigenvalue weighted by Gasteiger charge is 2.15. The zero-order valence-corrected chi connectivity index (χ0v) is 10.6. The number of nitrogens with zero attached hydrogens (tertiary/aromatic N) is 1. The Morgan fingerprint density at radius 1 is 1.17 bits per heavy atom. The van der Waals surface area contributed by atoms with Crippen LogP contribution < -0.4 is 10.6 Å². The molecule has 92 valence electrons. The van der Waals surface area contributed by atoms with Gasteiger partial charge in [0.15, 0.2) is 5.13 Å². The molecule has 0 aliphatic carbocycles. The van der Waals surface area contributed by atoms with Crippen LogP contribution in [0.5, 0.6) is 0 Å². The number of amides is 2. The van der Waals surface area contributed by atoms with Gasteiger partial charge < -0.3 is 5.32 Å². The van der Waals surface area contributed by atoms with Crippen LogP contribution in [-0.2, 0) is 9.59 Å². The molecule has 2 amide bonds. The summed E-state index contributed by atoms with van der Waals surface area (Å²) in [6.45, 7) is 0. The molecule has 1 aromatic carbocycles. The molecule has 0 aliphatic heterocycles. The number of aromatic nitrogens is 1. The summed E-state index contributed by atoms with van der Waals surface area (Å²) in [6.07, 6.45) is 1.53. The van der Waals surface area contributed by atoms with Crippen LogP contribution in [0.1, 0.15) is 0 Å². The van der Waals surface area contributed by atoms with Gasteiger partial charge in [0.1, 0.15) is 0 Å². The van der Waals surface area contributed by atoms with Crippen LogP contribution >= 0.6 is 22.9 Å². The van der Waals surface area contributed by atoms with Gasteiger partial charge in [-0.2, -0.15) is 0 Å². The molecule has 0 unspecified atom stereocenters. The van der Waals surface area contributed by atoms with E-state index in [1.165, 1.54) is 17.5 Å². The summed E-state index contributed by atoms with van der Waals surface area (Å²) >= 11 is 7.09. The highest BCUT2D eigenvalue weighted by Crippen LogP contribution is 2.20. The molecule has 0 aliphatic rings. The number of anilines is 2. The minimum Gasteiger partial charge on any atom is -0.316 e. The first-order valence-corrected chi connectivity index (χ1v) is 6.19. The zero-order chi connectivity index (χ0) is 13.0. The molecule has 1 heterocycles. The molecule has 0 radical (unpaired) electrons. The van der Waals surface area contributed by atoms with Gasteiger partial charge in [-0.1, -0.05) is 23.7 Å². The maximum atomic E-state index is 11.6. The molecule has 0 fully saturated rings. The van der Waals surface area contributed by atoms with E-state index in [0.717, 1.165) is 0 Å². The van der Waals surface area contributed by atoms with Crippen LogP contribution in [0.15, 0.2) is 35.8 Å². The second kappa shape index (κ2) is 5.61. The van der Waals surface area contributed by atoms with Gasteiger partial charge in [0.2, 0.25) is 0 Å². The van der Waals surface area contributed by atoms with Gasteiger partial charge in [-0.25, -0.2) is 4.98 Å².